The second-order valence-corrected chi connectivity index (χ2v) is 7.44. The number of ether oxygens (including phenoxy) is 1. The highest BCUT2D eigenvalue weighted by Gasteiger charge is 2.23. The van der Waals surface area contributed by atoms with Crippen LogP contribution in [0.2, 0.25) is 0 Å². The number of nitrogens with one attached hydrogen (secondary N) is 1. The summed E-state index contributed by atoms with van der Waals surface area (Å²) in [5, 5.41) is 5.43. The standard InChI is InChI=1S/C22H25N5O2/c1-27-10-7-16(12-21(27)28)14-29-20-11-15(5-8-24-20)13-26-19-4-2-3-18-17(19)6-9-25-22(18)23/h2-6,8-9,11,16,26H,7,10,12-14H2,1H3,(H2,23,25). The van der Waals surface area contributed by atoms with Crippen molar-refractivity contribution in [1.29, 1.82) is 0 Å². The van der Waals surface area contributed by atoms with Gasteiger partial charge in [-0.3, -0.25) is 4.79 Å². The Labute approximate surface area is 169 Å². The number of nitrogens with two attached hydrogens (primary N) is 1. The number of fused-ring (bicyclic) bond motifs is 1. The molecule has 1 aliphatic heterocycles. The van der Waals surface area contributed by atoms with Crippen LogP contribution >= 0.6 is 0 Å². The van der Waals surface area contributed by atoms with Crippen molar-refractivity contribution in [2.24, 2.45) is 5.92 Å². The number of benzene rings is 1. The van der Waals surface area contributed by atoms with Gasteiger partial charge >= 0.3 is 0 Å². The summed E-state index contributed by atoms with van der Waals surface area (Å²) in [6.45, 7) is 1.93. The van der Waals surface area contributed by atoms with Crippen molar-refractivity contribution in [2.75, 3.05) is 31.2 Å². The number of carbonyl (C=O) groups is 1. The molecule has 0 saturated carbocycles. The zero-order valence-electron chi connectivity index (χ0n) is 16.5. The summed E-state index contributed by atoms with van der Waals surface area (Å²) in [4.78, 5) is 22.1. The first kappa shape index (κ1) is 19.0. The molecule has 29 heavy (non-hydrogen) atoms. The lowest BCUT2D eigenvalue weighted by atomic mass is 9.98. The van der Waals surface area contributed by atoms with E-state index >= 15 is 0 Å². The molecule has 4 rings (SSSR count). The number of nitrogen functional groups attached to an aromatic ring is 1. The average molecular weight is 391 g/mol. The van der Waals surface area contributed by atoms with Crippen LogP contribution in [0.5, 0.6) is 5.88 Å². The highest BCUT2D eigenvalue weighted by Crippen LogP contribution is 2.26. The minimum absolute atomic E-state index is 0.182. The van der Waals surface area contributed by atoms with Gasteiger partial charge in [-0.25, -0.2) is 9.97 Å². The average Bonchev–Trinajstić information content (AvgIpc) is 2.74. The highest BCUT2D eigenvalue weighted by molar-refractivity contribution is 5.99. The molecule has 3 aromatic rings. The van der Waals surface area contributed by atoms with Crippen LogP contribution in [0, 0.1) is 5.92 Å². The van der Waals surface area contributed by atoms with Crippen molar-refractivity contribution in [2.45, 2.75) is 19.4 Å². The lowest BCUT2D eigenvalue weighted by Crippen LogP contribution is -2.37. The molecule has 1 atom stereocenters. The van der Waals surface area contributed by atoms with E-state index in [4.69, 9.17) is 10.5 Å². The minimum atomic E-state index is 0.182. The molecule has 0 bridgehead atoms. The Balaban J connectivity index is 1.38. The van der Waals surface area contributed by atoms with Crippen molar-refractivity contribution >= 4 is 28.2 Å². The van der Waals surface area contributed by atoms with Crippen molar-refractivity contribution < 1.29 is 9.53 Å². The molecule has 7 nitrogen and oxygen atoms in total. The Kier molecular flexibility index (Phi) is 5.46. The van der Waals surface area contributed by atoms with Gasteiger partial charge in [0.2, 0.25) is 11.8 Å². The van der Waals surface area contributed by atoms with Crippen LogP contribution in [-0.2, 0) is 11.3 Å². The third-order valence-electron chi connectivity index (χ3n) is 5.35. The van der Waals surface area contributed by atoms with Gasteiger partial charge in [-0.15, -0.1) is 0 Å². The fourth-order valence-electron chi connectivity index (χ4n) is 3.57. The van der Waals surface area contributed by atoms with Crippen LogP contribution in [0.3, 0.4) is 0 Å². The van der Waals surface area contributed by atoms with Gasteiger partial charge in [-0.2, -0.15) is 0 Å². The topological polar surface area (TPSA) is 93.4 Å². The van der Waals surface area contributed by atoms with E-state index < -0.39 is 0 Å². The fraction of sp³-hybridized carbons (Fsp3) is 0.318. The molecule has 150 valence electrons. The summed E-state index contributed by atoms with van der Waals surface area (Å²) in [6, 6.07) is 11.8. The number of aromatic nitrogens is 2. The molecule has 1 amide bonds. The first-order valence-electron chi connectivity index (χ1n) is 9.79. The van der Waals surface area contributed by atoms with E-state index in [9.17, 15) is 4.79 Å². The Morgan fingerprint density at radius 3 is 2.93 bits per heavy atom. The van der Waals surface area contributed by atoms with Crippen molar-refractivity contribution in [3.8, 4) is 5.88 Å². The van der Waals surface area contributed by atoms with Crippen molar-refractivity contribution in [1.82, 2.24) is 14.9 Å². The van der Waals surface area contributed by atoms with E-state index in [0.717, 1.165) is 35.0 Å². The van der Waals surface area contributed by atoms with Gasteiger partial charge in [0.25, 0.3) is 0 Å². The molecule has 1 aromatic carbocycles. The Morgan fingerprint density at radius 1 is 1.21 bits per heavy atom. The summed E-state index contributed by atoms with van der Waals surface area (Å²) in [5.41, 5.74) is 8.04. The molecule has 1 aliphatic rings. The van der Waals surface area contributed by atoms with Gasteiger partial charge in [-0.05, 0) is 30.2 Å². The lowest BCUT2D eigenvalue weighted by molar-refractivity contribution is -0.133. The van der Waals surface area contributed by atoms with Crippen LogP contribution in [-0.4, -0.2) is 41.0 Å². The van der Waals surface area contributed by atoms with E-state index in [2.05, 4.69) is 15.3 Å². The first-order chi connectivity index (χ1) is 14.1. The van der Waals surface area contributed by atoms with E-state index in [1.165, 1.54) is 0 Å². The van der Waals surface area contributed by atoms with Crippen LogP contribution in [0.15, 0.2) is 48.8 Å². The fourth-order valence-corrected chi connectivity index (χ4v) is 3.57. The van der Waals surface area contributed by atoms with Crippen LogP contribution < -0.4 is 15.8 Å². The third-order valence-corrected chi connectivity index (χ3v) is 5.35. The maximum absolute atomic E-state index is 11.8. The number of anilines is 2. The van der Waals surface area contributed by atoms with Gasteiger partial charge in [-0.1, -0.05) is 12.1 Å². The maximum Gasteiger partial charge on any atom is 0.222 e. The number of pyridine rings is 2. The molecule has 3 heterocycles. The molecule has 0 aliphatic carbocycles. The Morgan fingerprint density at radius 2 is 2.07 bits per heavy atom. The molecule has 7 heteroatoms. The van der Waals surface area contributed by atoms with Gasteiger partial charge in [0, 0.05) is 67.4 Å². The normalized spacial score (nSPS) is 16.8. The summed E-state index contributed by atoms with van der Waals surface area (Å²) < 4.78 is 5.87. The molecule has 3 N–H and O–H groups in total. The number of likely N-dealkylation sites (tertiary alicyclic amines) is 1. The van der Waals surface area contributed by atoms with E-state index in [1.807, 2.05) is 43.4 Å². The van der Waals surface area contributed by atoms with Crippen LogP contribution in [0.4, 0.5) is 11.5 Å². The predicted octanol–water partition coefficient (Wildman–Crippen LogP) is 3.07. The summed E-state index contributed by atoms with van der Waals surface area (Å²) in [5.74, 6) is 1.54. The number of hydrogen-bond acceptors (Lipinski definition) is 6. The largest absolute Gasteiger partial charge is 0.477 e. The van der Waals surface area contributed by atoms with E-state index in [1.54, 1.807) is 17.3 Å². The molecular formula is C22H25N5O2. The molecule has 1 unspecified atom stereocenters. The summed E-state index contributed by atoms with van der Waals surface area (Å²) in [6.07, 6.45) is 4.96. The molecule has 0 radical (unpaired) electrons. The molecule has 1 fully saturated rings. The minimum Gasteiger partial charge on any atom is -0.477 e. The molecule has 1 saturated heterocycles. The Bertz CT molecular complexity index is 1020. The number of amides is 1. The molecule has 2 aromatic heterocycles. The number of carbonyl (C=O) groups excluding carboxylic acids is 1. The SMILES string of the molecule is CN1CCC(COc2cc(CNc3cccc4c(N)nccc34)ccn2)CC1=O. The maximum atomic E-state index is 11.8. The van der Waals surface area contributed by atoms with Crippen LogP contribution in [0.1, 0.15) is 18.4 Å². The van der Waals surface area contributed by atoms with Gasteiger partial charge in [0.15, 0.2) is 0 Å². The Hall–Kier alpha value is -3.35. The molecule has 0 spiro atoms. The zero-order valence-corrected chi connectivity index (χ0v) is 16.5. The van der Waals surface area contributed by atoms with Crippen molar-refractivity contribution in [3.05, 3.63) is 54.4 Å². The lowest BCUT2D eigenvalue weighted by Gasteiger charge is -2.28. The number of rotatable bonds is 6. The first-order valence-corrected chi connectivity index (χ1v) is 9.79. The predicted molar refractivity (Wildman–Crippen MR) is 114 cm³/mol. The third kappa shape index (κ3) is 4.39. The number of hydrogen-bond donors (Lipinski definition) is 2. The zero-order chi connectivity index (χ0) is 20.2. The van der Waals surface area contributed by atoms with E-state index in [0.29, 0.717) is 31.3 Å². The van der Waals surface area contributed by atoms with Crippen LogP contribution in [0.25, 0.3) is 10.8 Å². The number of nitrogens with zero attached hydrogens (tertiary/aromatic N) is 3. The quantitative estimate of drug-likeness (QED) is 0.671. The van der Waals surface area contributed by atoms with Gasteiger partial charge < -0.3 is 20.7 Å². The second kappa shape index (κ2) is 8.34. The van der Waals surface area contributed by atoms with Gasteiger partial charge in [0.05, 0.1) is 6.61 Å². The van der Waals surface area contributed by atoms with Crippen molar-refractivity contribution in [3.63, 3.8) is 0 Å². The highest BCUT2D eigenvalue weighted by atomic mass is 16.5. The summed E-state index contributed by atoms with van der Waals surface area (Å²) >= 11 is 0. The second-order valence-electron chi connectivity index (χ2n) is 7.44. The number of piperidine rings is 1. The smallest absolute Gasteiger partial charge is 0.222 e. The molecular weight excluding hydrogens is 366 g/mol. The monoisotopic (exact) mass is 391 g/mol. The summed E-state index contributed by atoms with van der Waals surface area (Å²) in [7, 11) is 1.85. The van der Waals surface area contributed by atoms with Gasteiger partial charge in [0.1, 0.15) is 5.82 Å². The van der Waals surface area contributed by atoms with E-state index in [-0.39, 0.29) is 11.8 Å².